The molecule has 0 saturated heterocycles. The minimum Gasteiger partial charge on any atom is -0.352 e. The van der Waals surface area contributed by atoms with Crippen LogP contribution in [0.1, 0.15) is 18.4 Å². The lowest BCUT2D eigenvalue weighted by atomic mass is 10.3. The number of para-hydroxylation sites is 3. The van der Waals surface area contributed by atoms with E-state index < -0.39 is 0 Å². The lowest BCUT2D eigenvalue weighted by Crippen LogP contribution is -2.23. The zero-order valence-electron chi connectivity index (χ0n) is 16.9. The van der Waals surface area contributed by atoms with E-state index in [1.807, 2.05) is 60.0 Å². The Balaban J connectivity index is 1.33. The van der Waals surface area contributed by atoms with Crippen LogP contribution in [0.4, 0.5) is 10.8 Å². The summed E-state index contributed by atoms with van der Waals surface area (Å²) in [5.41, 5.74) is 3.27. The van der Waals surface area contributed by atoms with Crippen LogP contribution in [-0.2, 0) is 16.0 Å². The number of hydrogen-bond acceptors (Lipinski definition) is 5. The fourth-order valence-corrected chi connectivity index (χ4v) is 3.96. The van der Waals surface area contributed by atoms with Crippen LogP contribution in [0.5, 0.6) is 0 Å². The summed E-state index contributed by atoms with van der Waals surface area (Å²) < 4.78 is 0. The Morgan fingerprint density at radius 2 is 1.87 bits per heavy atom. The van der Waals surface area contributed by atoms with Gasteiger partial charge < -0.3 is 10.3 Å². The molecule has 4 rings (SSSR count). The smallest absolute Gasteiger partial charge is 0.244 e. The van der Waals surface area contributed by atoms with E-state index in [1.165, 1.54) is 24.3 Å². The molecule has 0 aliphatic carbocycles. The molecule has 0 unspecified atom stereocenters. The summed E-state index contributed by atoms with van der Waals surface area (Å²) in [6, 6.07) is 17.2. The van der Waals surface area contributed by atoms with Gasteiger partial charge in [0.15, 0.2) is 5.13 Å². The summed E-state index contributed by atoms with van der Waals surface area (Å²) in [5, 5.41) is 5.22. The Kier molecular flexibility index (Phi) is 6.18. The summed E-state index contributed by atoms with van der Waals surface area (Å²) in [6.45, 7) is 1.97. The van der Waals surface area contributed by atoms with Gasteiger partial charge >= 0.3 is 0 Å². The average molecular weight is 432 g/mol. The first kappa shape index (κ1) is 20.5. The number of anilines is 2. The van der Waals surface area contributed by atoms with Crippen LogP contribution in [-0.4, -0.2) is 33.3 Å². The summed E-state index contributed by atoms with van der Waals surface area (Å²) in [5.74, 6) is 0.497. The highest BCUT2D eigenvalue weighted by Gasteiger charge is 2.17. The van der Waals surface area contributed by atoms with Crippen LogP contribution < -0.4 is 10.2 Å². The fraction of sp³-hybridized carbons (Fsp3) is 0.130. The number of amides is 2. The minimum absolute atomic E-state index is 0.126. The van der Waals surface area contributed by atoms with Crippen molar-refractivity contribution in [2.75, 3.05) is 11.4 Å². The molecule has 0 aliphatic heterocycles. The van der Waals surface area contributed by atoms with Crippen molar-refractivity contribution in [2.45, 2.75) is 13.3 Å². The van der Waals surface area contributed by atoms with E-state index >= 15 is 0 Å². The number of thiazole rings is 1. The Morgan fingerprint density at radius 3 is 2.65 bits per heavy atom. The van der Waals surface area contributed by atoms with Crippen molar-refractivity contribution in [3.8, 4) is 0 Å². The number of rotatable bonds is 7. The Hall–Kier alpha value is -3.78. The largest absolute Gasteiger partial charge is 0.352 e. The summed E-state index contributed by atoms with van der Waals surface area (Å²) >= 11 is 1.35. The lowest BCUT2D eigenvalue weighted by Gasteiger charge is -2.17. The van der Waals surface area contributed by atoms with Crippen LogP contribution in [0.2, 0.25) is 0 Å². The summed E-state index contributed by atoms with van der Waals surface area (Å²) in [4.78, 5) is 38.0. The molecule has 0 saturated carbocycles. The Labute approximate surface area is 183 Å². The highest BCUT2D eigenvalue weighted by molar-refractivity contribution is 7.14. The monoisotopic (exact) mass is 431 g/mol. The highest BCUT2D eigenvalue weighted by Crippen LogP contribution is 2.28. The van der Waals surface area contributed by atoms with Crippen LogP contribution in [0.25, 0.3) is 17.1 Å². The van der Waals surface area contributed by atoms with Gasteiger partial charge in [-0.2, -0.15) is 0 Å². The number of carbonyl (C=O) groups excluding carboxylic acids is 2. The molecular formula is C23H21N5O2S. The lowest BCUT2D eigenvalue weighted by molar-refractivity contribution is -0.117. The first-order valence-corrected chi connectivity index (χ1v) is 10.7. The van der Waals surface area contributed by atoms with Gasteiger partial charge in [0, 0.05) is 31.3 Å². The molecule has 2 aromatic heterocycles. The molecule has 31 heavy (non-hydrogen) atoms. The van der Waals surface area contributed by atoms with Gasteiger partial charge in [-0.05, 0) is 30.3 Å². The molecule has 7 nitrogen and oxygen atoms in total. The predicted octanol–water partition coefficient (Wildman–Crippen LogP) is 4.08. The number of imidazole rings is 1. The van der Waals surface area contributed by atoms with E-state index in [4.69, 9.17) is 0 Å². The molecule has 0 aliphatic rings. The van der Waals surface area contributed by atoms with E-state index in [-0.39, 0.29) is 11.8 Å². The van der Waals surface area contributed by atoms with Gasteiger partial charge in [-0.25, -0.2) is 9.97 Å². The number of aromatic nitrogens is 3. The number of aromatic amines is 1. The van der Waals surface area contributed by atoms with Crippen LogP contribution in [0.15, 0.2) is 66.1 Å². The van der Waals surface area contributed by atoms with Crippen molar-refractivity contribution < 1.29 is 9.59 Å². The van der Waals surface area contributed by atoms with Gasteiger partial charge in [0.2, 0.25) is 11.8 Å². The molecule has 0 radical (unpaired) electrons. The number of benzene rings is 2. The van der Waals surface area contributed by atoms with Crippen molar-refractivity contribution in [3.63, 3.8) is 0 Å². The third-order valence-electron chi connectivity index (χ3n) is 4.54. The average Bonchev–Trinajstić information content (AvgIpc) is 3.39. The van der Waals surface area contributed by atoms with E-state index in [0.717, 1.165) is 22.5 Å². The van der Waals surface area contributed by atoms with Gasteiger partial charge in [-0.1, -0.05) is 30.3 Å². The molecule has 2 N–H and O–H groups in total. The zero-order chi connectivity index (χ0) is 21.6. The van der Waals surface area contributed by atoms with Gasteiger partial charge in [0.25, 0.3) is 0 Å². The fourth-order valence-electron chi connectivity index (χ4n) is 3.11. The SMILES string of the molecule is CC(=O)N(c1ccccc1)c1nc(/C=C/C(=O)NCCc2nc3ccccc3[nH]2)cs1. The molecule has 4 aromatic rings. The standard InChI is InChI=1S/C23H21N5O2S/c1-16(29)28(18-7-3-2-4-8-18)23-25-17(15-31-23)11-12-22(30)24-14-13-21-26-19-9-5-6-10-20(19)27-21/h2-12,15H,13-14H2,1H3,(H,24,30)(H,26,27)/b12-11+. The van der Waals surface area contributed by atoms with Crippen LogP contribution in [0, 0.1) is 0 Å². The molecule has 0 bridgehead atoms. The molecule has 2 aromatic carbocycles. The highest BCUT2D eigenvalue weighted by atomic mass is 32.1. The molecule has 2 amide bonds. The predicted molar refractivity (Wildman–Crippen MR) is 123 cm³/mol. The van der Waals surface area contributed by atoms with Crippen molar-refractivity contribution in [3.05, 3.63) is 77.6 Å². The maximum absolute atomic E-state index is 12.1. The second-order valence-electron chi connectivity index (χ2n) is 6.82. The van der Waals surface area contributed by atoms with E-state index in [2.05, 4.69) is 20.3 Å². The quantitative estimate of drug-likeness (QED) is 0.432. The van der Waals surface area contributed by atoms with Crippen LogP contribution in [0.3, 0.4) is 0 Å². The molecule has 0 atom stereocenters. The molecule has 156 valence electrons. The molecule has 0 fully saturated rings. The number of nitrogens with one attached hydrogen (secondary N) is 2. The van der Waals surface area contributed by atoms with E-state index in [0.29, 0.717) is 23.8 Å². The van der Waals surface area contributed by atoms with Crippen molar-refractivity contribution in [2.24, 2.45) is 0 Å². The molecule has 2 heterocycles. The third-order valence-corrected chi connectivity index (χ3v) is 5.38. The molecule has 0 spiro atoms. The van der Waals surface area contributed by atoms with E-state index in [1.54, 1.807) is 11.0 Å². The zero-order valence-corrected chi connectivity index (χ0v) is 17.7. The number of carbonyl (C=O) groups is 2. The number of nitrogens with zero attached hydrogens (tertiary/aromatic N) is 3. The Bertz CT molecular complexity index is 1200. The van der Waals surface area contributed by atoms with Gasteiger partial charge in [0.1, 0.15) is 5.82 Å². The Morgan fingerprint density at radius 1 is 1.10 bits per heavy atom. The number of fused-ring (bicyclic) bond motifs is 1. The minimum atomic E-state index is -0.211. The second-order valence-corrected chi connectivity index (χ2v) is 7.66. The van der Waals surface area contributed by atoms with Gasteiger partial charge in [-0.3, -0.25) is 14.5 Å². The maximum Gasteiger partial charge on any atom is 0.244 e. The summed E-state index contributed by atoms with van der Waals surface area (Å²) in [6.07, 6.45) is 3.69. The molecular weight excluding hydrogens is 410 g/mol. The third kappa shape index (κ3) is 5.04. The molecule has 8 heteroatoms. The van der Waals surface area contributed by atoms with Gasteiger partial charge in [-0.15, -0.1) is 11.3 Å². The normalized spacial score (nSPS) is 11.1. The summed E-state index contributed by atoms with van der Waals surface area (Å²) in [7, 11) is 0. The maximum atomic E-state index is 12.1. The van der Waals surface area contributed by atoms with Crippen molar-refractivity contribution >= 4 is 51.1 Å². The van der Waals surface area contributed by atoms with Crippen molar-refractivity contribution in [1.29, 1.82) is 0 Å². The van der Waals surface area contributed by atoms with Crippen molar-refractivity contribution in [1.82, 2.24) is 20.3 Å². The van der Waals surface area contributed by atoms with Gasteiger partial charge in [0.05, 0.1) is 22.4 Å². The van der Waals surface area contributed by atoms with Crippen LogP contribution >= 0.6 is 11.3 Å². The second kappa shape index (κ2) is 9.36. The first-order chi connectivity index (χ1) is 15.1. The van der Waals surface area contributed by atoms with E-state index in [9.17, 15) is 9.59 Å². The number of H-pyrrole nitrogens is 1. The number of hydrogen-bond donors (Lipinski definition) is 2. The first-order valence-electron chi connectivity index (χ1n) is 9.81. The topological polar surface area (TPSA) is 91.0 Å².